The molecule has 31 heavy (non-hydrogen) atoms. The second kappa shape index (κ2) is 11.0. The molecule has 0 saturated carbocycles. The number of benzene rings is 1. The van der Waals surface area contributed by atoms with E-state index < -0.39 is 10.0 Å². The third-order valence-corrected chi connectivity index (χ3v) is 8.31. The zero-order valence-electron chi connectivity index (χ0n) is 18.1. The summed E-state index contributed by atoms with van der Waals surface area (Å²) in [5.41, 5.74) is 2.49. The maximum atomic E-state index is 13.0. The van der Waals surface area contributed by atoms with E-state index in [2.05, 4.69) is 15.2 Å². The number of sulfonamides is 1. The third kappa shape index (κ3) is 5.99. The van der Waals surface area contributed by atoms with Gasteiger partial charge in [-0.1, -0.05) is 19.9 Å². The lowest BCUT2D eigenvalue weighted by atomic mass is 10.2. The summed E-state index contributed by atoms with van der Waals surface area (Å²) in [6.45, 7) is 6.25. The summed E-state index contributed by atoms with van der Waals surface area (Å²) in [6, 6.07) is 8.92. The van der Waals surface area contributed by atoms with Crippen LogP contribution in [-0.2, 0) is 20.6 Å². The van der Waals surface area contributed by atoms with Gasteiger partial charge in [0.05, 0.1) is 22.0 Å². The van der Waals surface area contributed by atoms with E-state index in [1.807, 2.05) is 32.0 Å². The molecular formula is C22H30N4O3S2. The van der Waals surface area contributed by atoms with Crippen LogP contribution < -0.4 is 10.2 Å². The zero-order chi connectivity index (χ0) is 22.3. The second-order valence-electron chi connectivity index (χ2n) is 7.36. The SMILES string of the molecule is CCN(CC)S(=O)(=O)c1ccc(N2CCCC2)c(NC(=O)CSCc2cccnc2)c1. The monoisotopic (exact) mass is 462 g/mol. The maximum absolute atomic E-state index is 13.0. The Morgan fingerprint density at radius 1 is 1.19 bits per heavy atom. The van der Waals surface area contributed by atoms with Crippen molar-refractivity contribution in [2.24, 2.45) is 0 Å². The van der Waals surface area contributed by atoms with Gasteiger partial charge in [-0.2, -0.15) is 4.31 Å². The first-order valence-electron chi connectivity index (χ1n) is 10.6. The molecule has 0 atom stereocenters. The predicted molar refractivity (Wildman–Crippen MR) is 127 cm³/mol. The van der Waals surface area contributed by atoms with E-state index in [0.29, 0.717) is 24.5 Å². The molecule has 9 heteroatoms. The van der Waals surface area contributed by atoms with Crippen molar-refractivity contribution in [3.05, 3.63) is 48.3 Å². The van der Waals surface area contributed by atoms with Crippen LogP contribution in [0.5, 0.6) is 0 Å². The Kier molecular flexibility index (Phi) is 8.34. The van der Waals surface area contributed by atoms with Crippen molar-refractivity contribution in [2.45, 2.75) is 37.3 Å². The Labute approximate surface area is 189 Å². The highest BCUT2D eigenvalue weighted by molar-refractivity contribution is 7.99. The van der Waals surface area contributed by atoms with Crippen LogP contribution in [0.25, 0.3) is 0 Å². The minimum absolute atomic E-state index is 0.147. The van der Waals surface area contributed by atoms with Crippen LogP contribution in [0, 0.1) is 0 Å². The van der Waals surface area contributed by atoms with E-state index >= 15 is 0 Å². The number of pyridine rings is 1. The van der Waals surface area contributed by atoms with Gasteiger partial charge in [-0.15, -0.1) is 11.8 Å². The summed E-state index contributed by atoms with van der Waals surface area (Å²) in [5, 5.41) is 2.96. The number of anilines is 2. The third-order valence-electron chi connectivity index (χ3n) is 5.26. The van der Waals surface area contributed by atoms with Gasteiger partial charge in [-0.05, 0) is 42.7 Å². The highest BCUT2D eigenvalue weighted by atomic mass is 32.2. The number of rotatable bonds is 10. The second-order valence-corrected chi connectivity index (χ2v) is 10.3. The summed E-state index contributed by atoms with van der Waals surface area (Å²) in [6.07, 6.45) is 5.69. The first-order chi connectivity index (χ1) is 15.0. The summed E-state index contributed by atoms with van der Waals surface area (Å²) < 4.78 is 27.4. The van der Waals surface area contributed by atoms with Crippen LogP contribution in [0.1, 0.15) is 32.3 Å². The van der Waals surface area contributed by atoms with Crippen LogP contribution in [0.4, 0.5) is 11.4 Å². The molecule has 1 aliphatic rings. The largest absolute Gasteiger partial charge is 0.370 e. The fraction of sp³-hybridized carbons (Fsp3) is 0.455. The Bertz CT molecular complexity index is 974. The van der Waals surface area contributed by atoms with Crippen molar-refractivity contribution in [1.82, 2.24) is 9.29 Å². The van der Waals surface area contributed by atoms with E-state index in [4.69, 9.17) is 0 Å². The van der Waals surface area contributed by atoms with Gasteiger partial charge in [-0.3, -0.25) is 9.78 Å². The lowest BCUT2D eigenvalue weighted by Gasteiger charge is -2.24. The summed E-state index contributed by atoms with van der Waals surface area (Å²) >= 11 is 1.50. The molecule has 0 unspecified atom stereocenters. The van der Waals surface area contributed by atoms with Gasteiger partial charge >= 0.3 is 0 Å². The van der Waals surface area contributed by atoms with Gasteiger partial charge in [0.25, 0.3) is 0 Å². The average Bonchev–Trinajstić information content (AvgIpc) is 3.30. The number of nitrogens with one attached hydrogen (secondary N) is 1. The van der Waals surface area contributed by atoms with Gasteiger partial charge in [0, 0.05) is 44.3 Å². The van der Waals surface area contributed by atoms with E-state index in [1.54, 1.807) is 24.5 Å². The fourth-order valence-electron chi connectivity index (χ4n) is 3.65. The first kappa shape index (κ1) is 23.6. The van der Waals surface area contributed by atoms with E-state index in [-0.39, 0.29) is 16.6 Å². The van der Waals surface area contributed by atoms with Gasteiger partial charge < -0.3 is 10.2 Å². The molecule has 1 amide bonds. The molecule has 168 valence electrons. The van der Waals surface area contributed by atoms with Gasteiger partial charge in [0.1, 0.15) is 0 Å². The zero-order valence-corrected chi connectivity index (χ0v) is 19.7. The number of hydrogen-bond donors (Lipinski definition) is 1. The molecule has 1 saturated heterocycles. The molecule has 1 aromatic carbocycles. The molecule has 0 radical (unpaired) electrons. The predicted octanol–water partition coefficient (Wildman–Crippen LogP) is 3.58. The number of carbonyl (C=O) groups excluding carboxylic acids is 1. The van der Waals surface area contributed by atoms with Crippen molar-refractivity contribution in [1.29, 1.82) is 0 Å². The van der Waals surface area contributed by atoms with Crippen LogP contribution in [-0.4, -0.2) is 55.5 Å². The fourth-order valence-corrected chi connectivity index (χ4v) is 5.90. The normalized spacial score (nSPS) is 14.2. The number of hydrogen-bond acceptors (Lipinski definition) is 6. The molecule has 7 nitrogen and oxygen atoms in total. The molecule has 1 aromatic heterocycles. The molecular weight excluding hydrogens is 432 g/mol. The van der Waals surface area contributed by atoms with E-state index in [9.17, 15) is 13.2 Å². The van der Waals surface area contributed by atoms with Gasteiger partial charge in [0.15, 0.2) is 0 Å². The van der Waals surface area contributed by atoms with Crippen molar-refractivity contribution in [3.63, 3.8) is 0 Å². The number of nitrogens with zero attached hydrogens (tertiary/aromatic N) is 3. The average molecular weight is 463 g/mol. The Balaban J connectivity index is 1.77. The van der Waals surface area contributed by atoms with Crippen molar-refractivity contribution >= 4 is 39.1 Å². The van der Waals surface area contributed by atoms with Crippen LogP contribution in [0.15, 0.2) is 47.6 Å². The van der Waals surface area contributed by atoms with E-state index in [1.165, 1.54) is 16.1 Å². The molecule has 3 rings (SSSR count). The molecule has 0 bridgehead atoms. The summed E-state index contributed by atoms with van der Waals surface area (Å²) in [4.78, 5) is 19.1. The highest BCUT2D eigenvalue weighted by Gasteiger charge is 2.25. The Hall–Kier alpha value is -2.10. The topological polar surface area (TPSA) is 82.6 Å². The van der Waals surface area contributed by atoms with Crippen molar-refractivity contribution in [3.8, 4) is 0 Å². The van der Waals surface area contributed by atoms with Crippen molar-refractivity contribution < 1.29 is 13.2 Å². The molecule has 2 heterocycles. The van der Waals surface area contributed by atoms with E-state index in [0.717, 1.165) is 37.2 Å². The molecule has 1 fully saturated rings. The Morgan fingerprint density at radius 2 is 1.94 bits per heavy atom. The van der Waals surface area contributed by atoms with Gasteiger partial charge in [0.2, 0.25) is 15.9 Å². The van der Waals surface area contributed by atoms with Crippen LogP contribution in [0.2, 0.25) is 0 Å². The number of aromatic nitrogens is 1. The minimum atomic E-state index is -3.60. The highest BCUT2D eigenvalue weighted by Crippen LogP contribution is 2.32. The lowest BCUT2D eigenvalue weighted by Crippen LogP contribution is -2.31. The lowest BCUT2D eigenvalue weighted by molar-refractivity contribution is -0.113. The van der Waals surface area contributed by atoms with Crippen LogP contribution in [0.3, 0.4) is 0 Å². The molecule has 1 N–H and O–H groups in total. The van der Waals surface area contributed by atoms with Crippen LogP contribution >= 0.6 is 11.8 Å². The number of carbonyl (C=O) groups is 1. The molecule has 0 aliphatic carbocycles. The van der Waals surface area contributed by atoms with Gasteiger partial charge in [-0.25, -0.2) is 8.42 Å². The number of thioether (sulfide) groups is 1. The molecule has 1 aliphatic heterocycles. The quantitative estimate of drug-likeness (QED) is 0.581. The summed E-state index contributed by atoms with van der Waals surface area (Å²) in [5.74, 6) is 0.824. The first-order valence-corrected chi connectivity index (χ1v) is 13.2. The molecule has 0 spiro atoms. The smallest absolute Gasteiger partial charge is 0.243 e. The molecule has 2 aromatic rings. The maximum Gasteiger partial charge on any atom is 0.243 e. The summed E-state index contributed by atoms with van der Waals surface area (Å²) in [7, 11) is -3.60. The number of amides is 1. The minimum Gasteiger partial charge on any atom is -0.370 e. The Morgan fingerprint density at radius 3 is 2.58 bits per heavy atom. The van der Waals surface area contributed by atoms with Crippen molar-refractivity contribution in [2.75, 3.05) is 42.1 Å². The standard InChI is InChI=1S/C22H30N4O3S2/c1-3-26(4-2)31(28,29)19-9-10-21(25-12-5-6-13-25)20(14-19)24-22(27)17-30-16-18-8-7-11-23-15-18/h7-11,14-15H,3-6,12-13,16-17H2,1-2H3,(H,24,27).